The topological polar surface area (TPSA) is 30.5 Å². The molecule has 1 aromatic carbocycles. The maximum atomic E-state index is 5.77. The molecule has 2 rings (SSSR count). The van der Waals surface area contributed by atoms with Gasteiger partial charge < -0.3 is 14.8 Å². The van der Waals surface area contributed by atoms with Crippen LogP contribution < -0.4 is 14.8 Å². The molecule has 1 unspecified atom stereocenters. The minimum Gasteiger partial charge on any atom is -0.493 e. The van der Waals surface area contributed by atoms with E-state index in [0.717, 1.165) is 35.5 Å². The smallest absolute Gasteiger partial charge is 0.165 e. The lowest BCUT2D eigenvalue weighted by atomic mass is 9.97. The number of ether oxygens (including phenoxy) is 2. The second kappa shape index (κ2) is 5.74. The Kier molecular flexibility index (Phi) is 4.29. The second-order valence-corrected chi connectivity index (χ2v) is 4.97. The molecule has 1 heterocycles. The lowest BCUT2D eigenvalue weighted by molar-refractivity contribution is 0.305. The van der Waals surface area contributed by atoms with E-state index in [0.29, 0.717) is 12.5 Å². The first-order chi connectivity index (χ1) is 8.27. The van der Waals surface area contributed by atoms with Gasteiger partial charge in [-0.25, -0.2) is 0 Å². The van der Waals surface area contributed by atoms with Gasteiger partial charge in [0.05, 0.1) is 13.7 Å². The van der Waals surface area contributed by atoms with Crippen LogP contribution in [-0.2, 0) is 0 Å². The highest BCUT2D eigenvalue weighted by Gasteiger charge is 2.25. The van der Waals surface area contributed by atoms with Crippen LogP contribution in [0.3, 0.4) is 0 Å². The molecule has 0 bridgehead atoms. The van der Waals surface area contributed by atoms with Crippen LogP contribution in [0.2, 0.25) is 0 Å². The van der Waals surface area contributed by atoms with E-state index >= 15 is 0 Å². The molecule has 1 aliphatic heterocycles. The highest BCUT2D eigenvalue weighted by Crippen LogP contribution is 2.42. The van der Waals surface area contributed by atoms with Crippen LogP contribution in [0.1, 0.15) is 24.8 Å². The summed E-state index contributed by atoms with van der Waals surface area (Å²) in [6, 6.07) is 3.98. The molecule has 1 N–H and O–H groups in total. The molecule has 1 atom stereocenters. The van der Waals surface area contributed by atoms with Crippen LogP contribution in [0, 0.1) is 0 Å². The third-order valence-electron chi connectivity index (χ3n) is 3.08. The first kappa shape index (κ1) is 12.7. The molecule has 4 heteroatoms. The lowest BCUT2D eigenvalue weighted by Gasteiger charge is -2.19. The average Bonchev–Trinajstić information content (AvgIpc) is 2.83. The molecule has 0 radical (unpaired) electrons. The monoisotopic (exact) mass is 299 g/mol. The molecule has 1 aromatic rings. The Bertz CT molecular complexity index is 389. The van der Waals surface area contributed by atoms with Gasteiger partial charge in [-0.05, 0) is 32.0 Å². The molecule has 0 aromatic heterocycles. The van der Waals surface area contributed by atoms with Crippen LogP contribution in [-0.4, -0.2) is 26.8 Å². The van der Waals surface area contributed by atoms with E-state index in [4.69, 9.17) is 9.47 Å². The summed E-state index contributed by atoms with van der Waals surface area (Å²) in [6.45, 7) is 4.72. The maximum Gasteiger partial charge on any atom is 0.165 e. The molecule has 1 aliphatic rings. The van der Waals surface area contributed by atoms with Crippen LogP contribution in [0.25, 0.3) is 0 Å². The minimum atomic E-state index is 0.501. The van der Waals surface area contributed by atoms with E-state index < -0.39 is 0 Å². The van der Waals surface area contributed by atoms with Gasteiger partial charge in [0.15, 0.2) is 11.5 Å². The van der Waals surface area contributed by atoms with Gasteiger partial charge in [-0.1, -0.05) is 15.9 Å². The lowest BCUT2D eigenvalue weighted by Crippen LogP contribution is -2.10. The fraction of sp³-hybridized carbons (Fsp3) is 0.538. The molecule has 0 amide bonds. The number of halogens is 1. The van der Waals surface area contributed by atoms with Crippen molar-refractivity contribution >= 4 is 15.9 Å². The van der Waals surface area contributed by atoms with Crippen molar-refractivity contribution in [1.29, 1.82) is 0 Å². The van der Waals surface area contributed by atoms with Gasteiger partial charge >= 0.3 is 0 Å². The fourth-order valence-corrected chi connectivity index (χ4v) is 2.93. The van der Waals surface area contributed by atoms with Crippen molar-refractivity contribution in [3.05, 3.63) is 22.2 Å². The predicted octanol–water partition coefficient (Wildman–Crippen LogP) is 2.93. The van der Waals surface area contributed by atoms with Gasteiger partial charge in [0.2, 0.25) is 0 Å². The molecule has 3 nitrogen and oxygen atoms in total. The van der Waals surface area contributed by atoms with Gasteiger partial charge in [0, 0.05) is 22.5 Å². The van der Waals surface area contributed by atoms with E-state index in [2.05, 4.69) is 21.2 Å². The van der Waals surface area contributed by atoms with Crippen molar-refractivity contribution in [2.45, 2.75) is 19.3 Å². The summed E-state index contributed by atoms with van der Waals surface area (Å²) in [6.07, 6.45) is 1.14. The number of rotatable bonds is 4. The number of hydrogen-bond donors (Lipinski definition) is 1. The van der Waals surface area contributed by atoms with Crippen molar-refractivity contribution < 1.29 is 9.47 Å². The molecule has 17 heavy (non-hydrogen) atoms. The van der Waals surface area contributed by atoms with E-state index in [1.165, 1.54) is 5.56 Å². The number of hydrogen-bond acceptors (Lipinski definition) is 3. The van der Waals surface area contributed by atoms with E-state index in [1.54, 1.807) is 7.11 Å². The molecule has 1 saturated heterocycles. The standard InChI is InChI=1S/C13H18BrNO2/c1-3-17-13-11(16-2)5-4-10(14)12(13)9-6-7-15-8-9/h4-5,9,15H,3,6-8H2,1-2H3. The van der Waals surface area contributed by atoms with Crippen LogP contribution in [0.15, 0.2) is 16.6 Å². The van der Waals surface area contributed by atoms with Gasteiger partial charge in [-0.2, -0.15) is 0 Å². The summed E-state index contributed by atoms with van der Waals surface area (Å²) in [4.78, 5) is 0. The largest absolute Gasteiger partial charge is 0.493 e. The quantitative estimate of drug-likeness (QED) is 0.927. The zero-order valence-electron chi connectivity index (χ0n) is 10.3. The summed E-state index contributed by atoms with van der Waals surface area (Å²) in [5.74, 6) is 2.20. The van der Waals surface area contributed by atoms with Crippen LogP contribution in [0.5, 0.6) is 11.5 Å². The highest BCUT2D eigenvalue weighted by atomic mass is 79.9. The van der Waals surface area contributed by atoms with Gasteiger partial charge in [0.25, 0.3) is 0 Å². The third-order valence-corrected chi connectivity index (χ3v) is 3.78. The first-order valence-electron chi connectivity index (χ1n) is 5.97. The third kappa shape index (κ3) is 2.58. The molecule has 0 aliphatic carbocycles. The number of nitrogens with one attached hydrogen (secondary N) is 1. The summed E-state index contributed by atoms with van der Waals surface area (Å²) < 4.78 is 12.3. The summed E-state index contributed by atoms with van der Waals surface area (Å²) >= 11 is 3.63. The van der Waals surface area contributed by atoms with Crippen molar-refractivity contribution in [3.8, 4) is 11.5 Å². The van der Waals surface area contributed by atoms with Crippen molar-refractivity contribution in [1.82, 2.24) is 5.32 Å². The molecule has 0 spiro atoms. The predicted molar refractivity (Wildman–Crippen MR) is 72.1 cm³/mol. The Morgan fingerprint density at radius 1 is 1.47 bits per heavy atom. The first-order valence-corrected chi connectivity index (χ1v) is 6.77. The zero-order chi connectivity index (χ0) is 12.3. The second-order valence-electron chi connectivity index (χ2n) is 4.12. The number of methoxy groups -OCH3 is 1. The summed E-state index contributed by atoms with van der Waals surface area (Å²) in [5.41, 5.74) is 1.23. The molecule has 94 valence electrons. The SMILES string of the molecule is CCOc1c(OC)ccc(Br)c1C1CCNC1. The Morgan fingerprint density at radius 2 is 2.29 bits per heavy atom. The zero-order valence-corrected chi connectivity index (χ0v) is 11.8. The van der Waals surface area contributed by atoms with Crippen LogP contribution in [0.4, 0.5) is 0 Å². The summed E-state index contributed by atoms with van der Waals surface area (Å²) in [5, 5.41) is 3.39. The van der Waals surface area contributed by atoms with Gasteiger partial charge in [-0.15, -0.1) is 0 Å². The van der Waals surface area contributed by atoms with Gasteiger partial charge in [-0.3, -0.25) is 0 Å². The molecule has 1 fully saturated rings. The van der Waals surface area contributed by atoms with E-state index in [1.807, 2.05) is 19.1 Å². The van der Waals surface area contributed by atoms with E-state index in [-0.39, 0.29) is 0 Å². The molecular weight excluding hydrogens is 282 g/mol. The summed E-state index contributed by atoms with van der Waals surface area (Å²) in [7, 11) is 1.68. The maximum absolute atomic E-state index is 5.77. The Labute approximate surface area is 111 Å². The minimum absolute atomic E-state index is 0.501. The van der Waals surface area contributed by atoms with Crippen LogP contribution >= 0.6 is 15.9 Å². The highest BCUT2D eigenvalue weighted by molar-refractivity contribution is 9.10. The van der Waals surface area contributed by atoms with Gasteiger partial charge in [0.1, 0.15) is 0 Å². The Morgan fingerprint density at radius 3 is 2.88 bits per heavy atom. The van der Waals surface area contributed by atoms with E-state index in [9.17, 15) is 0 Å². The normalized spacial score (nSPS) is 19.4. The Balaban J connectivity index is 2.44. The Hall–Kier alpha value is -0.740. The molecular formula is C13H18BrNO2. The van der Waals surface area contributed by atoms with Crippen molar-refractivity contribution in [2.75, 3.05) is 26.8 Å². The van der Waals surface area contributed by atoms with Crippen molar-refractivity contribution in [2.24, 2.45) is 0 Å². The fourth-order valence-electron chi connectivity index (χ4n) is 2.29. The number of benzene rings is 1. The van der Waals surface area contributed by atoms with Crippen molar-refractivity contribution in [3.63, 3.8) is 0 Å². The molecule has 0 saturated carbocycles. The average molecular weight is 300 g/mol.